The summed E-state index contributed by atoms with van der Waals surface area (Å²) in [6, 6.07) is 4.52. The predicted molar refractivity (Wildman–Crippen MR) is 105 cm³/mol. The lowest BCUT2D eigenvalue weighted by atomic mass is 10.1. The molecule has 0 spiro atoms. The van der Waals surface area contributed by atoms with Crippen LogP contribution in [0, 0.1) is 0 Å². The molecular weight excluding hydrogens is 368 g/mol. The van der Waals surface area contributed by atoms with Gasteiger partial charge in [-0.1, -0.05) is 17.7 Å². The molecule has 0 bridgehead atoms. The van der Waals surface area contributed by atoms with Crippen LogP contribution in [-0.4, -0.2) is 39.2 Å². The lowest BCUT2D eigenvalue weighted by Gasteiger charge is -2.25. The van der Waals surface area contributed by atoms with Crippen molar-refractivity contribution in [2.24, 2.45) is 5.73 Å². The average molecular weight is 393 g/mol. The first-order chi connectivity index (χ1) is 12.6. The van der Waals surface area contributed by atoms with Crippen molar-refractivity contribution >= 4 is 28.6 Å². The molecule has 0 saturated carbocycles. The molecule has 1 aliphatic heterocycles. The van der Waals surface area contributed by atoms with E-state index in [0.29, 0.717) is 41.3 Å². The summed E-state index contributed by atoms with van der Waals surface area (Å²) in [5.74, 6) is 0.491. The first-order valence-electron chi connectivity index (χ1n) is 9.02. The Balaban J connectivity index is 2.01. The molecule has 1 amide bonds. The molecule has 0 aliphatic carbocycles. The van der Waals surface area contributed by atoms with Gasteiger partial charge in [-0.25, -0.2) is 9.78 Å². The molecule has 146 valence electrons. The zero-order chi connectivity index (χ0) is 19.9. The number of hydrogen-bond acceptors (Lipinski definition) is 5. The maximum atomic E-state index is 13.2. The summed E-state index contributed by atoms with van der Waals surface area (Å²) < 4.78 is 7.04. The van der Waals surface area contributed by atoms with E-state index in [2.05, 4.69) is 4.98 Å². The lowest BCUT2D eigenvalue weighted by molar-refractivity contribution is 0.0288. The molecular formula is C19H25ClN4O3. The molecule has 1 aromatic carbocycles. The zero-order valence-electron chi connectivity index (χ0n) is 16.0. The smallest absolute Gasteiger partial charge is 0.410 e. The van der Waals surface area contributed by atoms with Crippen LogP contribution >= 0.6 is 11.6 Å². The third kappa shape index (κ3) is 3.94. The molecule has 2 atom stereocenters. The molecule has 27 heavy (non-hydrogen) atoms. The molecule has 7 nitrogen and oxygen atoms in total. The van der Waals surface area contributed by atoms with Crippen molar-refractivity contribution in [2.75, 3.05) is 13.1 Å². The largest absolute Gasteiger partial charge is 0.444 e. The number of aromatic nitrogens is 2. The maximum Gasteiger partial charge on any atom is 0.410 e. The van der Waals surface area contributed by atoms with E-state index in [0.717, 1.165) is 0 Å². The number of benzene rings is 1. The summed E-state index contributed by atoms with van der Waals surface area (Å²) in [6.07, 6.45) is 0.239. The molecule has 1 fully saturated rings. The molecule has 0 unspecified atom stereocenters. The van der Waals surface area contributed by atoms with Gasteiger partial charge in [0.15, 0.2) is 0 Å². The van der Waals surface area contributed by atoms with Gasteiger partial charge >= 0.3 is 6.09 Å². The van der Waals surface area contributed by atoms with Gasteiger partial charge in [-0.15, -0.1) is 0 Å². The quantitative estimate of drug-likeness (QED) is 0.847. The van der Waals surface area contributed by atoms with Crippen LogP contribution in [0.3, 0.4) is 0 Å². The minimum absolute atomic E-state index is 0.223. The Morgan fingerprint density at radius 2 is 2.11 bits per heavy atom. The standard InChI is InChI=1S/C19H25ClN4O3/c1-11(21)16-22-14-7-5-6-13(20)15(14)17(25)24(16)12-8-9-23(10-12)18(26)27-19(2,3)4/h5-7,11-12H,8-10,21H2,1-4H3/t11-,12+/m0/s1. The molecule has 3 rings (SSSR count). The molecule has 1 aromatic heterocycles. The van der Waals surface area contributed by atoms with Crippen molar-refractivity contribution in [3.8, 4) is 0 Å². The molecule has 2 N–H and O–H groups in total. The topological polar surface area (TPSA) is 90.5 Å². The zero-order valence-corrected chi connectivity index (χ0v) is 16.8. The van der Waals surface area contributed by atoms with Crippen LogP contribution in [0.1, 0.15) is 52.0 Å². The number of nitrogens with zero attached hydrogens (tertiary/aromatic N) is 3. The molecule has 1 aliphatic rings. The Morgan fingerprint density at radius 3 is 2.74 bits per heavy atom. The summed E-state index contributed by atoms with van der Waals surface area (Å²) in [5, 5.41) is 0.733. The summed E-state index contributed by atoms with van der Waals surface area (Å²) in [5.41, 5.74) is 5.83. The first-order valence-corrected chi connectivity index (χ1v) is 9.40. The fourth-order valence-corrected chi connectivity index (χ4v) is 3.59. The molecule has 1 saturated heterocycles. The van der Waals surface area contributed by atoms with Gasteiger partial charge in [0, 0.05) is 13.1 Å². The third-order valence-electron chi connectivity index (χ3n) is 4.49. The van der Waals surface area contributed by atoms with Crippen molar-refractivity contribution in [3.63, 3.8) is 0 Å². The van der Waals surface area contributed by atoms with Gasteiger partial charge in [0.2, 0.25) is 0 Å². The number of likely N-dealkylation sites (tertiary alicyclic amines) is 1. The maximum absolute atomic E-state index is 13.2. The lowest BCUT2D eigenvalue weighted by Crippen LogP contribution is -2.37. The van der Waals surface area contributed by atoms with Crippen LogP contribution < -0.4 is 11.3 Å². The second-order valence-corrected chi connectivity index (χ2v) is 8.34. The van der Waals surface area contributed by atoms with Gasteiger partial charge in [0.1, 0.15) is 11.4 Å². The van der Waals surface area contributed by atoms with Crippen molar-refractivity contribution in [1.82, 2.24) is 14.5 Å². The second kappa shape index (κ2) is 7.13. The Labute approximate surface area is 163 Å². The Kier molecular flexibility index (Phi) is 5.18. The van der Waals surface area contributed by atoms with Crippen LogP contribution in [-0.2, 0) is 4.74 Å². The number of amides is 1. The number of ether oxygens (including phenoxy) is 1. The van der Waals surface area contributed by atoms with Crippen LogP contribution in [0.15, 0.2) is 23.0 Å². The molecule has 0 radical (unpaired) electrons. The Morgan fingerprint density at radius 1 is 1.41 bits per heavy atom. The van der Waals surface area contributed by atoms with Crippen molar-refractivity contribution in [3.05, 3.63) is 39.4 Å². The van der Waals surface area contributed by atoms with Crippen molar-refractivity contribution in [1.29, 1.82) is 0 Å². The number of carbonyl (C=O) groups is 1. The number of carbonyl (C=O) groups excluding carboxylic acids is 1. The Bertz CT molecular complexity index is 933. The fraction of sp³-hybridized carbons (Fsp3) is 0.526. The van der Waals surface area contributed by atoms with Crippen LogP contribution in [0.2, 0.25) is 5.02 Å². The minimum Gasteiger partial charge on any atom is -0.444 e. The van der Waals surface area contributed by atoms with E-state index in [1.54, 1.807) is 34.6 Å². The summed E-state index contributed by atoms with van der Waals surface area (Å²) in [7, 11) is 0. The van der Waals surface area contributed by atoms with Crippen LogP contribution in [0.25, 0.3) is 10.9 Å². The average Bonchev–Trinajstić information content (AvgIpc) is 3.02. The van der Waals surface area contributed by atoms with E-state index in [-0.39, 0.29) is 17.7 Å². The van der Waals surface area contributed by atoms with Gasteiger partial charge < -0.3 is 15.4 Å². The monoisotopic (exact) mass is 392 g/mol. The molecule has 8 heteroatoms. The SMILES string of the molecule is C[C@H](N)c1nc2cccc(Cl)c2c(=O)n1[C@@H]1CCN(C(=O)OC(C)(C)C)C1. The highest BCUT2D eigenvalue weighted by atomic mass is 35.5. The predicted octanol–water partition coefficient (Wildman–Crippen LogP) is 3.25. The Hall–Kier alpha value is -2.12. The third-order valence-corrected chi connectivity index (χ3v) is 4.81. The summed E-state index contributed by atoms with van der Waals surface area (Å²) in [4.78, 5) is 31.8. The highest BCUT2D eigenvalue weighted by molar-refractivity contribution is 6.35. The van der Waals surface area contributed by atoms with E-state index < -0.39 is 11.6 Å². The summed E-state index contributed by atoms with van der Waals surface area (Å²) in [6.45, 7) is 8.14. The van der Waals surface area contributed by atoms with E-state index in [9.17, 15) is 9.59 Å². The first kappa shape index (κ1) is 19.6. The fourth-order valence-electron chi connectivity index (χ4n) is 3.34. The van der Waals surface area contributed by atoms with E-state index in [4.69, 9.17) is 22.1 Å². The second-order valence-electron chi connectivity index (χ2n) is 7.94. The molecule has 2 heterocycles. The number of halogens is 1. The van der Waals surface area contributed by atoms with Gasteiger partial charge in [-0.05, 0) is 46.2 Å². The van der Waals surface area contributed by atoms with E-state index >= 15 is 0 Å². The number of hydrogen-bond donors (Lipinski definition) is 1. The van der Waals surface area contributed by atoms with Gasteiger partial charge in [-0.2, -0.15) is 0 Å². The van der Waals surface area contributed by atoms with Gasteiger partial charge in [-0.3, -0.25) is 9.36 Å². The normalized spacial score (nSPS) is 18.7. The van der Waals surface area contributed by atoms with E-state index in [1.165, 1.54) is 0 Å². The van der Waals surface area contributed by atoms with Crippen LogP contribution in [0.5, 0.6) is 0 Å². The minimum atomic E-state index is -0.568. The van der Waals surface area contributed by atoms with Gasteiger partial charge in [0.25, 0.3) is 5.56 Å². The highest BCUT2D eigenvalue weighted by Gasteiger charge is 2.33. The highest BCUT2D eigenvalue weighted by Crippen LogP contribution is 2.27. The van der Waals surface area contributed by atoms with Gasteiger partial charge in [0.05, 0.1) is 28.0 Å². The number of fused-ring (bicyclic) bond motifs is 1. The van der Waals surface area contributed by atoms with E-state index in [1.807, 2.05) is 20.8 Å². The van der Waals surface area contributed by atoms with Crippen LogP contribution in [0.4, 0.5) is 4.79 Å². The summed E-state index contributed by atoms with van der Waals surface area (Å²) >= 11 is 6.26. The van der Waals surface area contributed by atoms with Crippen molar-refractivity contribution < 1.29 is 9.53 Å². The number of rotatable bonds is 2. The van der Waals surface area contributed by atoms with Crippen molar-refractivity contribution in [2.45, 2.75) is 51.8 Å². The number of nitrogens with two attached hydrogens (primary N) is 1. The molecule has 2 aromatic rings.